The van der Waals surface area contributed by atoms with Crippen molar-refractivity contribution in [3.05, 3.63) is 35.4 Å². The predicted molar refractivity (Wildman–Crippen MR) is 80.4 cm³/mol. The summed E-state index contributed by atoms with van der Waals surface area (Å²) in [6.45, 7) is 1.99. The Hall–Kier alpha value is -0.860. The lowest BCUT2D eigenvalue weighted by atomic mass is 9.75. The lowest BCUT2D eigenvalue weighted by Gasteiger charge is -2.46. The molecule has 2 aliphatic carbocycles. The van der Waals surface area contributed by atoms with Crippen molar-refractivity contribution in [1.29, 1.82) is 0 Å². The summed E-state index contributed by atoms with van der Waals surface area (Å²) >= 11 is 0. The van der Waals surface area contributed by atoms with Crippen molar-refractivity contribution in [3.8, 4) is 0 Å². The minimum Gasteiger partial charge on any atom is -0.329 e. The third-order valence-electron chi connectivity index (χ3n) is 5.43. The van der Waals surface area contributed by atoms with Gasteiger partial charge in [0.1, 0.15) is 0 Å². The van der Waals surface area contributed by atoms with Crippen LogP contribution >= 0.6 is 0 Å². The molecule has 2 aliphatic rings. The highest BCUT2D eigenvalue weighted by Gasteiger charge is 2.37. The lowest BCUT2D eigenvalue weighted by Crippen LogP contribution is -2.54. The number of nitrogens with two attached hydrogens (primary N) is 1. The first-order valence-corrected chi connectivity index (χ1v) is 7.74. The highest BCUT2D eigenvalue weighted by atomic mass is 15.2. The van der Waals surface area contributed by atoms with E-state index < -0.39 is 0 Å². The highest BCUT2D eigenvalue weighted by molar-refractivity contribution is 5.40. The molecule has 3 rings (SSSR count). The zero-order chi connectivity index (χ0) is 13.3. The molecule has 0 spiro atoms. The third-order valence-corrected chi connectivity index (χ3v) is 5.43. The maximum absolute atomic E-state index is 6.13. The van der Waals surface area contributed by atoms with Gasteiger partial charge >= 0.3 is 0 Å². The van der Waals surface area contributed by atoms with E-state index >= 15 is 0 Å². The summed E-state index contributed by atoms with van der Waals surface area (Å²) in [5, 5.41) is 0. The first kappa shape index (κ1) is 13.1. The molecule has 0 bridgehead atoms. The van der Waals surface area contributed by atoms with Crippen molar-refractivity contribution in [2.45, 2.75) is 50.0 Å². The van der Waals surface area contributed by atoms with E-state index in [4.69, 9.17) is 5.73 Å². The molecule has 0 aromatic heterocycles. The average Bonchev–Trinajstić information content (AvgIpc) is 2.45. The highest BCUT2D eigenvalue weighted by Crippen LogP contribution is 2.38. The Balaban J connectivity index is 1.67. The van der Waals surface area contributed by atoms with Gasteiger partial charge < -0.3 is 5.73 Å². The van der Waals surface area contributed by atoms with E-state index in [2.05, 4.69) is 36.2 Å². The maximum Gasteiger partial charge on any atom is 0.0328 e. The van der Waals surface area contributed by atoms with Gasteiger partial charge in [-0.05, 0) is 37.4 Å². The second-order valence-electron chi connectivity index (χ2n) is 6.47. The molecule has 1 unspecified atom stereocenters. The summed E-state index contributed by atoms with van der Waals surface area (Å²) in [5.74, 6) is 0.728. The smallest absolute Gasteiger partial charge is 0.0328 e. The van der Waals surface area contributed by atoms with Gasteiger partial charge in [0.2, 0.25) is 0 Å². The van der Waals surface area contributed by atoms with E-state index in [1.165, 1.54) is 45.1 Å². The van der Waals surface area contributed by atoms with Gasteiger partial charge in [0, 0.05) is 24.5 Å². The van der Waals surface area contributed by atoms with E-state index in [0.29, 0.717) is 0 Å². The summed E-state index contributed by atoms with van der Waals surface area (Å²) in [7, 11) is 2.29. The Morgan fingerprint density at radius 3 is 2.63 bits per heavy atom. The Bertz CT molecular complexity index is 435. The van der Waals surface area contributed by atoms with Gasteiger partial charge in [-0.3, -0.25) is 4.90 Å². The SMILES string of the molecule is CN(CC1Cc2ccccc21)C1(CN)CCCCC1. The topological polar surface area (TPSA) is 29.3 Å². The van der Waals surface area contributed by atoms with Crippen LogP contribution in [-0.4, -0.2) is 30.6 Å². The number of fused-ring (bicyclic) bond motifs is 1. The van der Waals surface area contributed by atoms with Crippen LogP contribution in [-0.2, 0) is 6.42 Å². The summed E-state index contributed by atoms with van der Waals surface area (Å²) < 4.78 is 0. The van der Waals surface area contributed by atoms with Crippen LogP contribution in [0.2, 0.25) is 0 Å². The van der Waals surface area contributed by atoms with Crippen LogP contribution in [0.15, 0.2) is 24.3 Å². The quantitative estimate of drug-likeness (QED) is 0.899. The Morgan fingerprint density at radius 2 is 1.95 bits per heavy atom. The minimum absolute atomic E-state index is 0.281. The van der Waals surface area contributed by atoms with E-state index in [9.17, 15) is 0 Å². The molecule has 1 saturated carbocycles. The number of nitrogens with zero attached hydrogens (tertiary/aromatic N) is 1. The number of hydrogen-bond donors (Lipinski definition) is 1. The van der Waals surface area contributed by atoms with E-state index in [-0.39, 0.29) is 5.54 Å². The van der Waals surface area contributed by atoms with Crippen LogP contribution in [0.4, 0.5) is 0 Å². The molecular weight excluding hydrogens is 232 g/mol. The Kier molecular flexibility index (Phi) is 3.64. The van der Waals surface area contributed by atoms with Crippen molar-refractivity contribution in [2.75, 3.05) is 20.1 Å². The monoisotopic (exact) mass is 258 g/mol. The number of benzene rings is 1. The van der Waals surface area contributed by atoms with Crippen LogP contribution in [0.1, 0.15) is 49.1 Å². The first-order valence-electron chi connectivity index (χ1n) is 7.74. The van der Waals surface area contributed by atoms with E-state index in [0.717, 1.165) is 12.5 Å². The van der Waals surface area contributed by atoms with Crippen molar-refractivity contribution in [3.63, 3.8) is 0 Å². The standard InChI is InChI=1S/C17H26N2/c1-19(17(13-18)9-5-2-6-10-17)12-15-11-14-7-3-4-8-16(14)15/h3-4,7-8,15H,2,5-6,9-13,18H2,1H3. The van der Waals surface area contributed by atoms with Crippen LogP contribution in [0.25, 0.3) is 0 Å². The Labute approximate surface area is 117 Å². The van der Waals surface area contributed by atoms with Gasteiger partial charge in [0.05, 0.1) is 0 Å². The Morgan fingerprint density at radius 1 is 1.21 bits per heavy atom. The van der Waals surface area contributed by atoms with Crippen LogP contribution < -0.4 is 5.73 Å². The van der Waals surface area contributed by atoms with Gasteiger partial charge in [-0.25, -0.2) is 0 Å². The fraction of sp³-hybridized carbons (Fsp3) is 0.647. The molecule has 0 aliphatic heterocycles. The number of hydrogen-bond acceptors (Lipinski definition) is 2. The second kappa shape index (κ2) is 5.26. The fourth-order valence-corrected chi connectivity index (χ4v) is 4.00. The maximum atomic E-state index is 6.13. The van der Waals surface area contributed by atoms with E-state index in [1.54, 1.807) is 11.1 Å². The zero-order valence-corrected chi connectivity index (χ0v) is 12.1. The zero-order valence-electron chi connectivity index (χ0n) is 12.1. The van der Waals surface area contributed by atoms with Gasteiger partial charge in [-0.15, -0.1) is 0 Å². The molecule has 2 heteroatoms. The molecule has 1 aromatic carbocycles. The molecule has 1 atom stereocenters. The largest absolute Gasteiger partial charge is 0.329 e. The molecule has 2 nitrogen and oxygen atoms in total. The first-order chi connectivity index (χ1) is 9.25. The molecule has 0 heterocycles. The van der Waals surface area contributed by atoms with Crippen LogP contribution in [0.3, 0.4) is 0 Å². The number of likely N-dealkylation sites (N-methyl/N-ethyl adjacent to an activating group) is 1. The van der Waals surface area contributed by atoms with Gasteiger partial charge in [-0.2, -0.15) is 0 Å². The summed E-state index contributed by atoms with van der Waals surface area (Å²) in [6.07, 6.45) is 7.91. The van der Waals surface area contributed by atoms with E-state index in [1.807, 2.05) is 0 Å². The van der Waals surface area contributed by atoms with Gasteiger partial charge in [0.25, 0.3) is 0 Å². The molecule has 1 aromatic rings. The molecule has 0 radical (unpaired) electrons. The fourth-order valence-electron chi connectivity index (χ4n) is 4.00. The number of rotatable bonds is 4. The second-order valence-corrected chi connectivity index (χ2v) is 6.47. The molecule has 2 N–H and O–H groups in total. The van der Waals surface area contributed by atoms with Crippen LogP contribution in [0.5, 0.6) is 0 Å². The summed E-state index contributed by atoms with van der Waals surface area (Å²) in [6, 6.07) is 8.89. The minimum atomic E-state index is 0.281. The molecule has 0 amide bonds. The normalized spacial score (nSPS) is 24.9. The van der Waals surface area contributed by atoms with Crippen LogP contribution in [0, 0.1) is 0 Å². The molecule has 0 saturated heterocycles. The third kappa shape index (κ3) is 2.32. The lowest BCUT2D eigenvalue weighted by molar-refractivity contribution is 0.0743. The summed E-state index contributed by atoms with van der Waals surface area (Å²) in [5.41, 5.74) is 9.52. The molecular formula is C17H26N2. The molecule has 104 valence electrons. The van der Waals surface area contributed by atoms with Crippen molar-refractivity contribution in [2.24, 2.45) is 5.73 Å². The van der Waals surface area contributed by atoms with Gasteiger partial charge in [0.15, 0.2) is 0 Å². The summed E-state index contributed by atoms with van der Waals surface area (Å²) in [4.78, 5) is 2.58. The molecule has 1 fully saturated rings. The predicted octanol–water partition coefficient (Wildman–Crippen LogP) is 2.92. The van der Waals surface area contributed by atoms with Gasteiger partial charge in [-0.1, -0.05) is 43.5 Å². The van der Waals surface area contributed by atoms with Crippen molar-refractivity contribution >= 4 is 0 Å². The van der Waals surface area contributed by atoms with Crippen molar-refractivity contribution in [1.82, 2.24) is 4.90 Å². The average molecular weight is 258 g/mol. The van der Waals surface area contributed by atoms with Crippen molar-refractivity contribution < 1.29 is 0 Å². The molecule has 19 heavy (non-hydrogen) atoms.